The number of hydrogen-bond acceptors (Lipinski definition) is 5. The Morgan fingerprint density at radius 1 is 1.44 bits per heavy atom. The molecular weight excluding hydrogens is 214 g/mol. The maximum atomic E-state index is 11.4. The van der Waals surface area contributed by atoms with Crippen LogP contribution in [0.3, 0.4) is 0 Å². The van der Waals surface area contributed by atoms with Gasteiger partial charge in [0.1, 0.15) is 6.10 Å². The number of aliphatic hydroxyl groups is 2. The second-order valence-electron chi connectivity index (χ2n) is 4.16. The van der Waals surface area contributed by atoms with E-state index in [0.717, 1.165) is 0 Å². The topological polar surface area (TPSA) is 125 Å². The van der Waals surface area contributed by atoms with Gasteiger partial charge in [0.05, 0.1) is 6.61 Å². The Hall–Kier alpha value is -1.18. The summed E-state index contributed by atoms with van der Waals surface area (Å²) in [4.78, 5) is 22.1. The Balaban J connectivity index is 4.03. The van der Waals surface area contributed by atoms with Crippen LogP contribution in [-0.4, -0.2) is 41.3 Å². The SMILES string of the molecule is CC(C)(CO)C(O)C(=O)NCCC(=O)NN. The van der Waals surface area contributed by atoms with Gasteiger partial charge in [-0.1, -0.05) is 13.8 Å². The molecule has 16 heavy (non-hydrogen) atoms. The maximum absolute atomic E-state index is 11.4. The molecular formula is C9H19N3O4. The van der Waals surface area contributed by atoms with Crippen LogP contribution in [0.2, 0.25) is 0 Å². The Labute approximate surface area is 94.0 Å². The lowest BCUT2D eigenvalue weighted by molar-refractivity contribution is -0.137. The number of rotatable bonds is 6. The largest absolute Gasteiger partial charge is 0.396 e. The van der Waals surface area contributed by atoms with Gasteiger partial charge in [-0.2, -0.15) is 0 Å². The Kier molecular flexibility index (Phi) is 5.94. The smallest absolute Gasteiger partial charge is 0.249 e. The van der Waals surface area contributed by atoms with Crippen LogP contribution >= 0.6 is 0 Å². The molecule has 0 aliphatic heterocycles. The number of nitrogens with two attached hydrogens (primary N) is 1. The highest BCUT2D eigenvalue weighted by molar-refractivity contribution is 5.82. The van der Waals surface area contributed by atoms with Crippen LogP contribution in [0.1, 0.15) is 20.3 Å². The van der Waals surface area contributed by atoms with Crippen molar-refractivity contribution in [3.63, 3.8) is 0 Å². The average Bonchev–Trinajstić information content (AvgIpc) is 2.27. The molecule has 0 aromatic carbocycles. The highest BCUT2D eigenvalue weighted by atomic mass is 16.3. The number of carbonyl (C=O) groups is 2. The molecule has 0 fully saturated rings. The first-order valence-corrected chi connectivity index (χ1v) is 4.91. The monoisotopic (exact) mass is 233 g/mol. The Morgan fingerprint density at radius 2 is 2.00 bits per heavy atom. The van der Waals surface area contributed by atoms with Crippen molar-refractivity contribution in [1.29, 1.82) is 0 Å². The standard InChI is InChI=1S/C9H19N3O4/c1-9(2,5-13)7(15)8(16)11-4-3-6(14)12-10/h7,13,15H,3-5,10H2,1-2H3,(H,11,16)(H,12,14). The molecule has 6 N–H and O–H groups in total. The molecule has 7 heteroatoms. The molecule has 0 aliphatic carbocycles. The normalized spacial score (nSPS) is 13.1. The Morgan fingerprint density at radius 3 is 2.44 bits per heavy atom. The van der Waals surface area contributed by atoms with Crippen LogP contribution in [0.4, 0.5) is 0 Å². The minimum absolute atomic E-state index is 0.0362. The molecule has 0 saturated heterocycles. The molecule has 1 atom stereocenters. The average molecular weight is 233 g/mol. The van der Waals surface area contributed by atoms with Crippen molar-refractivity contribution in [3.8, 4) is 0 Å². The third kappa shape index (κ3) is 4.56. The third-order valence-corrected chi connectivity index (χ3v) is 2.21. The van der Waals surface area contributed by atoms with Crippen LogP contribution in [0.5, 0.6) is 0 Å². The zero-order valence-corrected chi connectivity index (χ0v) is 9.49. The van der Waals surface area contributed by atoms with E-state index < -0.39 is 23.3 Å². The molecule has 0 bridgehead atoms. The van der Waals surface area contributed by atoms with E-state index in [1.165, 1.54) is 0 Å². The van der Waals surface area contributed by atoms with Crippen LogP contribution in [0, 0.1) is 5.41 Å². The quantitative estimate of drug-likeness (QED) is 0.203. The molecule has 0 radical (unpaired) electrons. The first kappa shape index (κ1) is 14.8. The van der Waals surface area contributed by atoms with E-state index in [4.69, 9.17) is 10.9 Å². The zero-order chi connectivity index (χ0) is 12.8. The van der Waals surface area contributed by atoms with Gasteiger partial charge >= 0.3 is 0 Å². The number of aliphatic hydroxyl groups excluding tert-OH is 2. The van der Waals surface area contributed by atoms with Gasteiger partial charge in [0.25, 0.3) is 0 Å². The van der Waals surface area contributed by atoms with Gasteiger partial charge < -0.3 is 15.5 Å². The summed E-state index contributed by atoms with van der Waals surface area (Å²) in [5, 5.41) is 20.9. The summed E-state index contributed by atoms with van der Waals surface area (Å²) in [7, 11) is 0. The Bertz CT molecular complexity index is 255. The highest BCUT2D eigenvalue weighted by Crippen LogP contribution is 2.19. The fourth-order valence-electron chi connectivity index (χ4n) is 0.909. The summed E-state index contributed by atoms with van der Waals surface area (Å²) in [6, 6.07) is 0. The molecule has 0 aromatic rings. The van der Waals surface area contributed by atoms with E-state index in [2.05, 4.69) is 5.32 Å². The van der Waals surface area contributed by atoms with E-state index in [9.17, 15) is 14.7 Å². The van der Waals surface area contributed by atoms with Crippen molar-refractivity contribution in [2.24, 2.45) is 11.3 Å². The number of hydrogen-bond donors (Lipinski definition) is 5. The molecule has 0 rings (SSSR count). The van der Waals surface area contributed by atoms with Crippen molar-refractivity contribution in [3.05, 3.63) is 0 Å². The number of nitrogens with one attached hydrogen (secondary N) is 2. The summed E-state index contributed by atoms with van der Waals surface area (Å²) in [5.74, 6) is 3.82. The predicted molar refractivity (Wildman–Crippen MR) is 56.8 cm³/mol. The summed E-state index contributed by atoms with van der Waals surface area (Å²) in [6.07, 6.45) is -1.28. The van der Waals surface area contributed by atoms with Crippen molar-refractivity contribution in [2.75, 3.05) is 13.2 Å². The highest BCUT2D eigenvalue weighted by Gasteiger charge is 2.32. The van der Waals surface area contributed by atoms with Gasteiger partial charge in [0, 0.05) is 18.4 Å². The van der Waals surface area contributed by atoms with E-state index in [-0.39, 0.29) is 19.6 Å². The predicted octanol–water partition coefficient (Wildman–Crippen LogP) is -2.14. The molecule has 0 saturated carbocycles. The summed E-state index contributed by atoms with van der Waals surface area (Å²) < 4.78 is 0. The van der Waals surface area contributed by atoms with E-state index in [1.807, 2.05) is 5.43 Å². The third-order valence-electron chi connectivity index (χ3n) is 2.21. The molecule has 0 heterocycles. The molecule has 94 valence electrons. The van der Waals surface area contributed by atoms with Gasteiger partial charge in [-0.05, 0) is 0 Å². The van der Waals surface area contributed by atoms with Crippen molar-refractivity contribution in [2.45, 2.75) is 26.4 Å². The zero-order valence-electron chi connectivity index (χ0n) is 9.49. The van der Waals surface area contributed by atoms with Crippen LogP contribution < -0.4 is 16.6 Å². The van der Waals surface area contributed by atoms with Crippen molar-refractivity contribution in [1.82, 2.24) is 10.7 Å². The molecule has 2 amide bonds. The fourth-order valence-corrected chi connectivity index (χ4v) is 0.909. The van der Waals surface area contributed by atoms with E-state index >= 15 is 0 Å². The minimum Gasteiger partial charge on any atom is -0.396 e. The second-order valence-corrected chi connectivity index (χ2v) is 4.16. The summed E-state index contributed by atoms with van der Waals surface area (Å²) >= 11 is 0. The number of amides is 2. The van der Waals surface area contributed by atoms with Gasteiger partial charge in [0.2, 0.25) is 11.8 Å². The second kappa shape index (κ2) is 6.41. The number of carbonyl (C=O) groups excluding carboxylic acids is 2. The van der Waals surface area contributed by atoms with Gasteiger partial charge in [-0.3, -0.25) is 15.0 Å². The maximum Gasteiger partial charge on any atom is 0.249 e. The minimum atomic E-state index is -1.32. The molecule has 1 unspecified atom stereocenters. The first-order valence-electron chi connectivity index (χ1n) is 4.91. The van der Waals surface area contributed by atoms with E-state index in [0.29, 0.717) is 0 Å². The first-order chi connectivity index (χ1) is 7.35. The fraction of sp³-hybridized carbons (Fsp3) is 0.778. The van der Waals surface area contributed by atoms with Crippen LogP contribution in [0.15, 0.2) is 0 Å². The van der Waals surface area contributed by atoms with Crippen molar-refractivity contribution < 1.29 is 19.8 Å². The van der Waals surface area contributed by atoms with Crippen LogP contribution in [0.25, 0.3) is 0 Å². The lowest BCUT2D eigenvalue weighted by atomic mass is 9.87. The van der Waals surface area contributed by atoms with Crippen molar-refractivity contribution >= 4 is 11.8 Å². The molecule has 0 aromatic heterocycles. The summed E-state index contributed by atoms with van der Waals surface area (Å²) in [6.45, 7) is 2.89. The number of hydrazine groups is 1. The van der Waals surface area contributed by atoms with Gasteiger partial charge in [-0.25, -0.2) is 5.84 Å². The summed E-state index contributed by atoms with van der Waals surface area (Å²) in [5.41, 5.74) is 1.00. The lowest BCUT2D eigenvalue weighted by Crippen LogP contribution is -2.46. The molecule has 7 nitrogen and oxygen atoms in total. The molecule has 0 spiro atoms. The van der Waals surface area contributed by atoms with Crippen LogP contribution in [-0.2, 0) is 9.59 Å². The lowest BCUT2D eigenvalue weighted by Gasteiger charge is -2.27. The van der Waals surface area contributed by atoms with E-state index in [1.54, 1.807) is 13.8 Å². The van der Waals surface area contributed by atoms with Gasteiger partial charge in [0.15, 0.2) is 0 Å². The van der Waals surface area contributed by atoms with Gasteiger partial charge in [-0.15, -0.1) is 0 Å². The molecule has 0 aliphatic rings.